The van der Waals surface area contributed by atoms with Gasteiger partial charge in [0.1, 0.15) is 12.2 Å². The Morgan fingerprint density at radius 1 is 1.56 bits per heavy atom. The highest BCUT2D eigenvalue weighted by atomic mass is 16.4. The summed E-state index contributed by atoms with van der Waals surface area (Å²) in [5.74, 6) is -1.36. The third-order valence-electron chi connectivity index (χ3n) is 2.04. The van der Waals surface area contributed by atoms with E-state index in [1.807, 2.05) is 6.92 Å². The number of nitrogens with zero attached hydrogens (tertiary/aromatic N) is 3. The zero-order valence-corrected chi connectivity index (χ0v) is 9.38. The van der Waals surface area contributed by atoms with Gasteiger partial charge in [0.25, 0.3) is 5.91 Å². The van der Waals surface area contributed by atoms with Gasteiger partial charge in [0.2, 0.25) is 0 Å². The molecule has 88 valence electrons. The van der Waals surface area contributed by atoms with Crippen LogP contribution < -0.4 is 0 Å². The molecule has 0 aromatic carbocycles. The van der Waals surface area contributed by atoms with Gasteiger partial charge in [0, 0.05) is 19.8 Å². The molecule has 0 atom stereocenters. The van der Waals surface area contributed by atoms with E-state index in [0.717, 1.165) is 0 Å². The van der Waals surface area contributed by atoms with E-state index in [0.29, 0.717) is 13.0 Å². The molecule has 0 unspecified atom stereocenters. The van der Waals surface area contributed by atoms with Gasteiger partial charge < -0.3 is 10.0 Å². The molecule has 0 aliphatic carbocycles. The maximum atomic E-state index is 11.9. The monoisotopic (exact) mass is 225 g/mol. The van der Waals surface area contributed by atoms with Crippen LogP contribution in [0.15, 0.2) is 12.3 Å². The predicted octanol–water partition coefficient (Wildman–Crippen LogP) is 0.357. The standard InChI is InChI=1S/C10H15N3O3/c1-3-5-13(7-9(14)15)10(16)8-4-6-12(2)11-8/h4,6H,3,5,7H2,1-2H3,(H,14,15). The summed E-state index contributed by atoms with van der Waals surface area (Å²) in [6, 6.07) is 1.58. The fraction of sp³-hybridized carbons (Fsp3) is 0.500. The molecule has 0 aliphatic rings. The lowest BCUT2D eigenvalue weighted by Gasteiger charge is -2.18. The zero-order chi connectivity index (χ0) is 12.1. The molecule has 6 heteroatoms. The second-order valence-corrected chi connectivity index (χ2v) is 3.50. The van der Waals surface area contributed by atoms with Gasteiger partial charge in [-0.15, -0.1) is 0 Å². The van der Waals surface area contributed by atoms with Gasteiger partial charge in [-0.2, -0.15) is 5.10 Å². The number of carboxylic acid groups (broad SMARTS) is 1. The smallest absolute Gasteiger partial charge is 0.323 e. The van der Waals surface area contributed by atoms with Crippen molar-refractivity contribution in [3.8, 4) is 0 Å². The molecule has 1 heterocycles. The van der Waals surface area contributed by atoms with Crippen LogP contribution in [0.25, 0.3) is 0 Å². The van der Waals surface area contributed by atoms with Crippen LogP contribution in [0.2, 0.25) is 0 Å². The number of aromatic nitrogens is 2. The van der Waals surface area contributed by atoms with Gasteiger partial charge in [-0.05, 0) is 12.5 Å². The summed E-state index contributed by atoms with van der Waals surface area (Å²) in [7, 11) is 1.71. The molecule has 0 saturated carbocycles. The van der Waals surface area contributed by atoms with E-state index in [9.17, 15) is 9.59 Å². The maximum absolute atomic E-state index is 11.9. The number of hydrogen-bond acceptors (Lipinski definition) is 3. The van der Waals surface area contributed by atoms with Crippen molar-refractivity contribution in [3.63, 3.8) is 0 Å². The molecule has 0 radical (unpaired) electrons. The first-order valence-electron chi connectivity index (χ1n) is 5.05. The largest absolute Gasteiger partial charge is 0.480 e. The van der Waals surface area contributed by atoms with Crippen molar-refractivity contribution in [2.45, 2.75) is 13.3 Å². The minimum Gasteiger partial charge on any atom is -0.480 e. The lowest BCUT2D eigenvalue weighted by Crippen LogP contribution is -2.36. The van der Waals surface area contributed by atoms with Crippen LogP contribution in [0, 0.1) is 0 Å². The van der Waals surface area contributed by atoms with Crippen molar-refractivity contribution in [1.29, 1.82) is 0 Å². The SMILES string of the molecule is CCCN(CC(=O)O)C(=O)c1ccn(C)n1. The Morgan fingerprint density at radius 3 is 2.69 bits per heavy atom. The number of hydrogen-bond donors (Lipinski definition) is 1. The molecule has 0 fully saturated rings. The topological polar surface area (TPSA) is 75.4 Å². The third-order valence-corrected chi connectivity index (χ3v) is 2.04. The summed E-state index contributed by atoms with van der Waals surface area (Å²) >= 11 is 0. The summed E-state index contributed by atoms with van der Waals surface area (Å²) in [5, 5.41) is 12.6. The Balaban J connectivity index is 2.78. The van der Waals surface area contributed by atoms with Crippen molar-refractivity contribution in [2.75, 3.05) is 13.1 Å². The van der Waals surface area contributed by atoms with Crippen LogP contribution in [-0.2, 0) is 11.8 Å². The first kappa shape index (κ1) is 12.2. The van der Waals surface area contributed by atoms with Gasteiger partial charge >= 0.3 is 5.97 Å². The molecule has 0 bridgehead atoms. The van der Waals surface area contributed by atoms with Crippen LogP contribution in [0.1, 0.15) is 23.8 Å². The van der Waals surface area contributed by atoms with Crippen molar-refractivity contribution in [3.05, 3.63) is 18.0 Å². The number of aryl methyl sites for hydroxylation is 1. The molecular formula is C10H15N3O3. The van der Waals surface area contributed by atoms with Crippen molar-refractivity contribution in [2.24, 2.45) is 7.05 Å². The van der Waals surface area contributed by atoms with Gasteiger partial charge in [-0.1, -0.05) is 6.92 Å². The molecule has 1 aromatic rings. The average Bonchev–Trinajstić information content (AvgIpc) is 2.62. The highest BCUT2D eigenvalue weighted by Gasteiger charge is 2.19. The van der Waals surface area contributed by atoms with E-state index in [-0.39, 0.29) is 18.1 Å². The molecule has 16 heavy (non-hydrogen) atoms. The average molecular weight is 225 g/mol. The Hall–Kier alpha value is -1.85. The second-order valence-electron chi connectivity index (χ2n) is 3.50. The van der Waals surface area contributed by atoms with Crippen molar-refractivity contribution in [1.82, 2.24) is 14.7 Å². The van der Waals surface area contributed by atoms with E-state index in [4.69, 9.17) is 5.11 Å². The molecule has 0 aliphatic heterocycles. The molecular weight excluding hydrogens is 210 g/mol. The number of carboxylic acids is 1. The Bertz CT molecular complexity index is 386. The normalized spacial score (nSPS) is 10.1. The van der Waals surface area contributed by atoms with Crippen LogP contribution in [-0.4, -0.2) is 44.8 Å². The highest BCUT2D eigenvalue weighted by molar-refractivity contribution is 5.94. The Kier molecular flexibility index (Phi) is 4.04. The molecule has 0 spiro atoms. The lowest BCUT2D eigenvalue weighted by atomic mass is 10.3. The molecule has 1 amide bonds. The third kappa shape index (κ3) is 3.08. The van der Waals surface area contributed by atoms with Gasteiger partial charge in [-0.3, -0.25) is 14.3 Å². The number of rotatable bonds is 5. The van der Waals surface area contributed by atoms with Crippen LogP contribution >= 0.6 is 0 Å². The van der Waals surface area contributed by atoms with Crippen molar-refractivity contribution < 1.29 is 14.7 Å². The fourth-order valence-corrected chi connectivity index (χ4v) is 1.38. The zero-order valence-electron chi connectivity index (χ0n) is 9.38. The van der Waals surface area contributed by atoms with Crippen molar-refractivity contribution >= 4 is 11.9 Å². The quantitative estimate of drug-likeness (QED) is 0.784. The fourth-order valence-electron chi connectivity index (χ4n) is 1.38. The molecule has 0 saturated heterocycles. The molecule has 6 nitrogen and oxygen atoms in total. The van der Waals surface area contributed by atoms with Gasteiger partial charge in [-0.25, -0.2) is 0 Å². The van der Waals surface area contributed by atoms with E-state index < -0.39 is 5.97 Å². The minimum atomic E-state index is -1.02. The van der Waals surface area contributed by atoms with Gasteiger partial charge in [0.05, 0.1) is 0 Å². The Morgan fingerprint density at radius 2 is 2.25 bits per heavy atom. The minimum absolute atomic E-state index is 0.275. The second kappa shape index (κ2) is 5.29. The highest BCUT2D eigenvalue weighted by Crippen LogP contribution is 2.02. The lowest BCUT2D eigenvalue weighted by molar-refractivity contribution is -0.137. The van der Waals surface area contributed by atoms with Crippen LogP contribution in [0.4, 0.5) is 0 Å². The number of aliphatic carboxylic acids is 1. The maximum Gasteiger partial charge on any atom is 0.323 e. The first-order chi connectivity index (χ1) is 7.54. The van der Waals surface area contributed by atoms with E-state index in [2.05, 4.69) is 5.10 Å². The Labute approximate surface area is 93.5 Å². The summed E-state index contributed by atoms with van der Waals surface area (Å²) in [4.78, 5) is 23.8. The number of carbonyl (C=O) groups is 2. The van der Waals surface area contributed by atoms with Gasteiger partial charge in [0.15, 0.2) is 0 Å². The predicted molar refractivity (Wildman–Crippen MR) is 57.0 cm³/mol. The van der Waals surface area contributed by atoms with E-state index in [1.165, 1.54) is 9.58 Å². The van der Waals surface area contributed by atoms with Crippen LogP contribution in [0.3, 0.4) is 0 Å². The first-order valence-corrected chi connectivity index (χ1v) is 5.05. The molecule has 1 rings (SSSR count). The summed E-state index contributed by atoms with van der Waals surface area (Å²) in [5.41, 5.74) is 0.275. The number of carbonyl (C=O) groups excluding carboxylic acids is 1. The molecule has 1 N–H and O–H groups in total. The van der Waals surface area contributed by atoms with E-state index >= 15 is 0 Å². The van der Waals surface area contributed by atoms with E-state index in [1.54, 1.807) is 19.3 Å². The summed E-state index contributed by atoms with van der Waals surface area (Å²) in [6.45, 7) is 2.02. The summed E-state index contributed by atoms with van der Waals surface area (Å²) < 4.78 is 1.51. The summed E-state index contributed by atoms with van der Waals surface area (Å²) in [6.07, 6.45) is 2.37. The molecule has 1 aromatic heterocycles. The number of amides is 1. The van der Waals surface area contributed by atoms with Crippen LogP contribution in [0.5, 0.6) is 0 Å².